The zero-order valence-corrected chi connectivity index (χ0v) is 15.0. The van der Waals surface area contributed by atoms with Gasteiger partial charge in [-0.25, -0.2) is 16.8 Å². The Morgan fingerprint density at radius 3 is 2.29 bits per heavy atom. The molecule has 0 saturated heterocycles. The van der Waals surface area contributed by atoms with Crippen LogP contribution in [0.3, 0.4) is 0 Å². The summed E-state index contributed by atoms with van der Waals surface area (Å²) in [4.78, 5) is 0.161. The first kappa shape index (κ1) is 16.8. The minimum atomic E-state index is -3.72. The molecule has 2 aromatic rings. The van der Waals surface area contributed by atoms with E-state index in [-0.39, 0.29) is 4.90 Å². The number of benzene rings is 2. The molecule has 128 valence electrons. The molecule has 1 heterocycles. The number of aryl methyl sites for hydroxylation is 1. The monoisotopic (exact) mass is 366 g/mol. The zero-order valence-electron chi connectivity index (χ0n) is 13.4. The molecular formula is C16H18N2O4S2. The first-order valence-corrected chi connectivity index (χ1v) is 10.7. The lowest BCUT2D eigenvalue weighted by Crippen LogP contribution is -2.27. The molecular weight excluding hydrogens is 348 g/mol. The number of nitrogens with zero attached hydrogens (tertiary/aromatic N) is 1. The van der Waals surface area contributed by atoms with E-state index in [1.54, 1.807) is 30.3 Å². The SMILES string of the molecule is Cc1ccc(S(=O)(=O)Nc2ccc3c(c2)N(S(C)(=O)=O)CC3)cc1. The van der Waals surface area contributed by atoms with Crippen LogP contribution in [0.25, 0.3) is 0 Å². The highest BCUT2D eigenvalue weighted by molar-refractivity contribution is 7.92. The third kappa shape index (κ3) is 3.25. The molecule has 0 atom stereocenters. The van der Waals surface area contributed by atoms with Crippen LogP contribution in [0.1, 0.15) is 11.1 Å². The first-order chi connectivity index (χ1) is 11.2. The van der Waals surface area contributed by atoms with Gasteiger partial charge in [0, 0.05) is 6.54 Å². The number of rotatable bonds is 4. The summed E-state index contributed by atoms with van der Waals surface area (Å²) in [5, 5.41) is 0. The van der Waals surface area contributed by atoms with Crippen LogP contribution in [0.5, 0.6) is 0 Å². The Bertz CT molecular complexity index is 981. The van der Waals surface area contributed by atoms with Crippen molar-refractivity contribution in [2.24, 2.45) is 0 Å². The van der Waals surface area contributed by atoms with Gasteiger partial charge in [-0.15, -0.1) is 0 Å². The van der Waals surface area contributed by atoms with E-state index in [0.717, 1.165) is 17.4 Å². The van der Waals surface area contributed by atoms with Crippen LogP contribution in [-0.2, 0) is 26.5 Å². The van der Waals surface area contributed by atoms with E-state index in [1.165, 1.54) is 16.4 Å². The first-order valence-electron chi connectivity index (χ1n) is 7.37. The lowest BCUT2D eigenvalue weighted by atomic mass is 10.1. The largest absolute Gasteiger partial charge is 0.280 e. The lowest BCUT2D eigenvalue weighted by molar-refractivity contribution is 0.597. The molecule has 0 spiro atoms. The summed E-state index contributed by atoms with van der Waals surface area (Å²) < 4.78 is 52.4. The second-order valence-corrected chi connectivity index (χ2v) is 9.44. The summed E-state index contributed by atoms with van der Waals surface area (Å²) in [6.45, 7) is 2.26. The van der Waals surface area contributed by atoms with Crippen molar-refractivity contribution in [3.8, 4) is 0 Å². The van der Waals surface area contributed by atoms with Gasteiger partial charge < -0.3 is 0 Å². The number of fused-ring (bicyclic) bond motifs is 1. The van der Waals surface area contributed by atoms with Crippen LogP contribution in [0.15, 0.2) is 47.4 Å². The molecule has 2 aromatic carbocycles. The molecule has 0 unspecified atom stereocenters. The summed E-state index contributed by atoms with van der Waals surface area (Å²) in [5.41, 5.74) is 2.72. The maximum atomic E-state index is 12.4. The van der Waals surface area contributed by atoms with Gasteiger partial charge >= 0.3 is 0 Å². The van der Waals surface area contributed by atoms with Crippen molar-refractivity contribution in [1.82, 2.24) is 0 Å². The summed E-state index contributed by atoms with van der Waals surface area (Å²) in [5.74, 6) is 0. The smallest absolute Gasteiger partial charge is 0.261 e. The number of nitrogens with one attached hydrogen (secondary N) is 1. The minimum absolute atomic E-state index is 0.161. The fraction of sp³-hybridized carbons (Fsp3) is 0.250. The van der Waals surface area contributed by atoms with Crippen molar-refractivity contribution < 1.29 is 16.8 Å². The fourth-order valence-corrected chi connectivity index (χ4v) is 4.69. The number of anilines is 2. The third-order valence-corrected chi connectivity index (χ3v) is 6.50. The van der Waals surface area contributed by atoms with Gasteiger partial charge in [-0.2, -0.15) is 0 Å². The Morgan fingerprint density at radius 2 is 1.67 bits per heavy atom. The van der Waals surface area contributed by atoms with E-state index in [2.05, 4.69) is 4.72 Å². The van der Waals surface area contributed by atoms with Crippen LogP contribution in [0, 0.1) is 6.92 Å². The summed E-state index contributed by atoms with van der Waals surface area (Å²) in [6.07, 6.45) is 1.76. The van der Waals surface area contributed by atoms with E-state index < -0.39 is 20.0 Å². The van der Waals surface area contributed by atoms with Crippen molar-refractivity contribution in [2.75, 3.05) is 21.8 Å². The molecule has 0 radical (unpaired) electrons. The van der Waals surface area contributed by atoms with Crippen molar-refractivity contribution >= 4 is 31.4 Å². The molecule has 0 saturated carbocycles. The van der Waals surface area contributed by atoms with Crippen molar-refractivity contribution in [3.63, 3.8) is 0 Å². The van der Waals surface area contributed by atoms with Crippen molar-refractivity contribution in [1.29, 1.82) is 0 Å². The molecule has 24 heavy (non-hydrogen) atoms. The van der Waals surface area contributed by atoms with Crippen LogP contribution in [0.4, 0.5) is 11.4 Å². The molecule has 1 N–H and O–H groups in total. The van der Waals surface area contributed by atoms with E-state index >= 15 is 0 Å². The Hall–Kier alpha value is -2.06. The van der Waals surface area contributed by atoms with Gasteiger partial charge in [0.05, 0.1) is 22.5 Å². The Kier molecular flexibility index (Phi) is 4.05. The summed E-state index contributed by atoms with van der Waals surface area (Å²) in [6, 6.07) is 11.5. The number of sulfonamides is 2. The average Bonchev–Trinajstić information content (AvgIpc) is 2.90. The Labute approximate surface area is 142 Å². The minimum Gasteiger partial charge on any atom is -0.280 e. The molecule has 1 aliphatic heterocycles. The van der Waals surface area contributed by atoms with Gasteiger partial charge in [0.15, 0.2) is 0 Å². The van der Waals surface area contributed by atoms with Gasteiger partial charge in [0.2, 0.25) is 10.0 Å². The summed E-state index contributed by atoms with van der Waals surface area (Å²) in [7, 11) is -7.10. The second kappa shape index (κ2) is 5.78. The van der Waals surface area contributed by atoms with E-state index in [0.29, 0.717) is 24.3 Å². The van der Waals surface area contributed by atoms with Gasteiger partial charge in [-0.3, -0.25) is 9.03 Å². The second-order valence-electron chi connectivity index (χ2n) is 5.85. The fourth-order valence-electron chi connectivity index (χ4n) is 2.69. The molecule has 8 heteroatoms. The van der Waals surface area contributed by atoms with Gasteiger partial charge in [0.1, 0.15) is 0 Å². The molecule has 1 aliphatic rings. The van der Waals surface area contributed by atoms with E-state index in [4.69, 9.17) is 0 Å². The Morgan fingerprint density at radius 1 is 1.00 bits per heavy atom. The quantitative estimate of drug-likeness (QED) is 0.898. The predicted octanol–water partition coefficient (Wildman–Crippen LogP) is 2.12. The molecule has 0 bridgehead atoms. The van der Waals surface area contributed by atoms with Gasteiger partial charge in [-0.05, 0) is 43.2 Å². The highest BCUT2D eigenvalue weighted by Gasteiger charge is 2.26. The van der Waals surface area contributed by atoms with Crippen LogP contribution < -0.4 is 9.03 Å². The van der Waals surface area contributed by atoms with Gasteiger partial charge in [-0.1, -0.05) is 23.8 Å². The number of hydrogen-bond acceptors (Lipinski definition) is 4. The Balaban J connectivity index is 1.93. The molecule has 0 aromatic heterocycles. The molecule has 3 rings (SSSR count). The van der Waals surface area contributed by atoms with Crippen LogP contribution in [0.2, 0.25) is 0 Å². The van der Waals surface area contributed by atoms with Crippen LogP contribution in [-0.4, -0.2) is 29.6 Å². The summed E-state index contributed by atoms with van der Waals surface area (Å²) >= 11 is 0. The zero-order chi connectivity index (χ0) is 17.5. The molecule has 0 amide bonds. The van der Waals surface area contributed by atoms with Crippen molar-refractivity contribution in [3.05, 3.63) is 53.6 Å². The number of hydrogen-bond donors (Lipinski definition) is 1. The highest BCUT2D eigenvalue weighted by Crippen LogP contribution is 2.33. The molecule has 6 nitrogen and oxygen atoms in total. The topological polar surface area (TPSA) is 83.6 Å². The maximum absolute atomic E-state index is 12.4. The molecule has 0 fully saturated rings. The highest BCUT2D eigenvalue weighted by atomic mass is 32.2. The third-order valence-electron chi connectivity index (χ3n) is 3.92. The lowest BCUT2D eigenvalue weighted by Gasteiger charge is -2.17. The van der Waals surface area contributed by atoms with E-state index in [1.807, 2.05) is 6.92 Å². The normalized spacial score (nSPS) is 14.5. The van der Waals surface area contributed by atoms with Crippen molar-refractivity contribution in [2.45, 2.75) is 18.2 Å². The van der Waals surface area contributed by atoms with Crippen LogP contribution >= 0.6 is 0 Å². The van der Waals surface area contributed by atoms with E-state index in [9.17, 15) is 16.8 Å². The maximum Gasteiger partial charge on any atom is 0.261 e. The van der Waals surface area contributed by atoms with Gasteiger partial charge in [0.25, 0.3) is 10.0 Å². The predicted molar refractivity (Wildman–Crippen MR) is 94.3 cm³/mol. The average molecular weight is 366 g/mol. The standard InChI is InChI=1S/C16H18N2O4S2/c1-12-3-7-15(8-4-12)24(21,22)17-14-6-5-13-9-10-18(16(13)11-14)23(2,19)20/h3-8,11,17H,9-10H2,1-2H3. The molecule has 0 aliphatic carbocycles.